The van der Waals surface area contributed by atoms with Crippen LogP contribution in [-0.4, -0.2) is 31.5 Å². The van der Waals surface area contributed by atoms with Crippen LogP contribution in [0.1, 0.15) is 44.4 Å². The smallest absolute Gasteiger partial charge is 0.306 e. The van der Waals surface area contributed by atoms with E-state index in [1.165, 1.54) is 6.07 Å². The van der Waals surface area contributed by atoms with Crippen molar-refractivity contribution in [2.75, 3.05) is 0 Å². The van der Waals surface area contributed by atoms with E-state index in [2.05, 4.69) is 0 Å². The Bertz CT molecular complexity index is 1060. The van der Waals surface area contributed by atoms with Crippen molar-refractivity contribution in [3.05, 3.63) is 59.5 Å². The van der Waals surface area contributed by atoms with E-state index < -0.39 is 11.6 Å². The lowest BCUT2D eigenvalue weighted by Crippen LogP contribution is -2.23. The minimum atomic E-state index is -0.892. The van der Waals surface area contributed by atoms with Gasteiger partial charge in [-0.05, 0) is 75.6 Å². The van der Waals surface area contributed by atoms with Crippen LogP contribution >= 0.6 is 0 Å². The van der Waals surface area contributed by atoms with Gasteiger partial charge in [0.25, 0.3) is 0 Å². The maximum Gasteiger partial charge on any atom is 0.306 e. The molecular weight excluding hydrogens is 385 g/mol. The Kier molecular flexibility index (Phi) is 6.17. The van der Waals surface area contributed by atoms with Gasteiger partial charge in [0.2, 0.25) is 0 Å². The Balaban J connectivity index is 0.000000310. The van der Waals surface area contributed by atoms with Crippen LogP contribution in [0.5, 0.6) is 5.75 Å². The number of carboxylic acids is 1. The first-order valence-electron chi connectivity index (χ1n) is 10.1. The highest BCUT2D eigenvalue weighted by molar-refractivity contribution is 5.88. The van der Waals surface area contributed by atoms with Gasteiger partial charge in [-0.3, -0.25) is 4.79 Å². The lowest BCUT2D eigenvalue weighted by atomic mass is 9.86. The van der Waals surface area contributed by atoms with Crippen LogP contribution in [-0.2, 0) is 11.2 Å². The number of hydrogen-bond donors (Lipinski definition) is 3. The highest BCUT2D eigenvalue weighted by atomic mass is 19.1. The number of aromatic hydroxyl groups is 1. The third-order valence-corrected chi connectivity index (χ3v) is 5.37. The van der Waals surface area contributed by atoms with Crippen LogP contribution in [0.15, 0.2) is 42.5 Å². The van der Waals surface area contributed by atoms with E-state index in [1.54, 1.807) is 45.0 Å². The van der Waals surface area contributed by atoms with Gasteiger partial charge in [-0.25, -0.2) is 4.39 Å². The van der Waals surface area contributed by atoms with Crippen LogP contribution in [0.2, 0.25) is 0 Å². The molecule has 1 heterocycles. The largest absolute Gasteiger partial charge is 0.507 e. The van der Waals surface area contributed by atoms with Gasteiger partial charge in [0.1, 0.15) is 11.6 Å². The molecule has 1 aliphatic rings. The number of fused-ring (bicyclic) bond motifs is 1. The third kappa shape index (κ3) is 4.82. The summed E-state index contributed by atoms with van der Waals surface area (Å²) in [6, 6.07) is 12.1. The molecule has 6 heteroatoms. The molecule has 1 aliphatic carbocycles. The second-order valence-electron chi connectivity index (χ2n) is 8.57. The molecule has 1 aromatic heterocycles. The molecule has 0 radical (unpaired) electrons. The average Bonchev–Trinajstić information content (AvgIpc) is 2.93. The van der Waals surface area contributed by atoms with E-state index in [-0.39, 0.29) is 17.5 Å². The number of carboxylic acid groups (broad SMARTS) is 1. The Labute approximate surface area is 175 Å². The molecule has 0 bridgehead atoms. The Morgan fingerprint density at radius 1 is 1.20 bits per heavy atom. The molecule has 3 N–H and O–H groups in total. The summed E-state index contributed by atoms with van der Waals surface area (Å²) in [5.74, 6) is -0.680. The standard InChI is InChI=1S/C19H20FNO2.C5H8O2/c1-12-9-13(7-8-16(12)20)21-14(11-19(2,3)23)10-15-17(21)5-4-6-18(15)22;6-5(7)4-2-1-3-4/h4-10,22-23H,11H2,1-3H3;4H,1-3H2,(H,6,7). The molecule has 3 aromatic rings. The number of benzene rings is 2. The second kappa shape index (κ2) is 8.48. The number of aliphatic carboxylic acids is 1. The Morgan fingerprint density at radius 2 is 1.90 bits per heavy atom. The fourth-order valence-electron chi connectivity index (χ4n) is 3.57. The van der Waals surface area contributed by atoms with Crippen LogP contribution in [0.25, 0.3) is 16.6 Å². The Hall–Kier alpha value is -2.86. The van der Waals surface area contributed by atoms with Gasteiger partial charge in [0, 0.05) is 23.2 Å². The van der Waals surface area contributed by atoms with Crippen LogP contribution in [0.3, 0.4) is 0 Å². The predicted octanol–water partition coefficient (Wildman–Crippen LogP) is 4.97. The van der Waals surface area contributed by atoms with E-state index in [9.17, 15) is 19.4 Å². The molecule has 0 saturated heterocycles. The van der Waals surface area contributed by atoms with Crippen LogP contribution < -0.4 is 0 Å². The van der Waals surface area contributed by atoms with Crippen molar-refractivity contribution in [3.63, 3.8) is 0 Å². The van der Waals surface area contributed by atoms with Crippen molar-refractivity contribution in [1.82, 2.24) is 4.57 Å². The highest BCUT2D eigenvalue weighted by Crippen LogP contribution is 2.32. The number of nitrogens with zero attached hydrogens (tertiary/aromatic N) is 1. The zero-order chi connectivity index (χ0) is 22.1. The van der Waals surface area contributed by atoms with E-state index in [0.717, 1.165) is 36.2 Å². The molecule has 1 fully saturated rings. The molecule has 1 saturated carbocycles. The molecule has 4 rings (SSSR count). The number of aryl methyl sites for hydroxylation is 1. The first kappa shape index (κ1) is 21.8. The van der Waals surface area contributed by atoms with Crippen molar-refractivity contribution in [2.24, 2.45) is 5.92 Å². The van der Waals surface area contributed by atoms with Crippen molar-refractivity contribution >= 4 is 16.9 Å². The number of rotatable bonds is 4. The molecule has 0 amide bonds. The number of phenols is 1. The van der Waals surface area contributed by atoms with E-state index >= 15 is 0 Å². The number of aromatic nitrogens is 1. The number of carbonyl (C=O) groups is 1. The highest BCUT2D eigenvalue weighted by Gasteiger charge is 2.24. The van der Waals surface area contributed by atoms with Gasteiger partial charge in [0.05, 0.1) is 17.0 Å². The van der Waals surface area contributed by atoms with Gasteiger partial charge in [-0.15, -0.1) is 0 Å². The molecule has 30 heavy (non-hydrogen) atoms. The quantitative estimate of drug-likeness (QED) is 0.564. The minimum absolute atomic E-state index is 0.000000000000000444. The van der Waals surface area contributed by atoms with E-state index in [0.29, 0.717) is 17.4 Å². The fourth-order valence-corrected chi connectivity index (χ4v) is 3.57. The van der Waals surface area contributed by atoms with E-state index in [1.807, 2.05) is 16.7 Å². The lowest BCUT2D eigenvalue weighted by Gasteiger charge is -2.19. The number of aliphatic hydroxyl groups is 1. The summed E-state index contributed by atoms with van der Waals surface area (Å²) >= 11 is 0. The first-order chi connectivity index (χ1) is 14.1. The molecule has 160 valence electrons. The topological polar surface area (TPSA) is 82.7 Å². The molecule has 0 unspecified atom stereocenters. The summed E-state index contributed by atoms with van der Waals surface area (Å²) in [5, 5.41) is 29.3. The zero-order valence-corrected chi connectivity index (χ0v) is 17.5. The van der Waals surface area contributed by atoms with Crippen LogP contribution in [0, 0.1) is 18.7 Å². The van der Waals surface area contributed by atoms with Gasteiger partial charge in [0.15, 0.2) is 0 Å². The van der Waals surface area contributed by atoms with Gasteiger partial charge in [-0.2, -0.15) is 0 Å². The average molecular weight is 413 g/mol. The summed E-state index contributed by atoms with van der Waals surface area (Å²) in [7, 11) is 0. The third-order valence-electron chi connectivity index (χ3n) is 5.37. The second-order valence-corrected chi connectivity index (χ2v) is 8.57. The predicted molar refractivity (Wildman–Crippen MR) is 115 cm³/mol. The molecule has 0 spiro atoms. The molecule has 2 aromatic carbocycles. The van der Waals surface area contributed by atoms with Crippen molar-refractivity contribution in [1.29, 1.82) is 0 Å². The maximum atomic E-state index is 13.6. The van der Waals surface area contributed by atoms with Gasteiger partial charge >= 0.3 is 5.97 Å². The summed E-state index contributed by atoms with van der Waals surface area (Å²) < 4.78 is 15.6. The van der Waals surface area contributed by atoms with Gasteiger partial charge in [-0.1, -0.05) is 12.5 Å². The first-order valence-corrected chi connectivity index (χ1v) is 10.1. The molecular formula is C24H28FNO4. The summed E-state index contributed by atoms with van der Waals surface area (Å²) in [4.78, 5) is 9.98. The normalized spacial score (nSPS) is 14.2. The van der Waals surface area contributed by atoms with Crippen molar-refractivity contribution in [3.8, 4) is 11.4 Å². The lowest BCUT2D eigenvalue weighted by molar-refractivity contribution is -0.144. The number of phenolic OH excluding ortho intramolecular Hbond substituents is 1. The van der Waals surface area contributed by atoms with E-state index in [4.69, 9.17) is 5.11 Å². The SMILES string of the molecule is Cc1cc(-n2c(CC(C)(C)O)cc3c(O)cccc32)ccc1F.O=C(O)C1CCC1. The summed E-state index contributed by atoms with van der Waals surface area (Å²) in [6.45, 7) is 5.20. The maximum absolute atomic E-state index is 13.6. The molecule has 0 aliphatic heterocycles. The van der Waals surface area contributed by atoms with Gasteiger partial charge < -0.3 is 19.9 Å². The monoisotopic (exact) mass is 413 g/mol. The van der Waals surface area contributed by atoms with Crippen molar-refractivity contribution in [2.45, 2.75) is 52.1 Å². The zero-order valence-electron chi connectivity index (χ0n) is 17.5. The minimum Gasteiger partial charge on any atom is -0.507 e. The number of halogens is 1. The fraction of sp³-hybridized carbons (Fsp3) is 0.375. The van der Waals surface area contributed by atoms with Crippen molar-refractivity contribution < 1.29 is 24.5 Å². The summed E-state index contributed by atoms with van der Waals surface area (Å²) in [6.07, 6.45) is 3.32. The molecule has 0 atom stereocenters. The number of hydrogen-bond acceptors (Lipinski definition) is 3. The Morgan fingerprint density at radius 3 is 2.40 bits per heavy atom. The molecule has 5 nitrogen and oxygen atoms in total. The summed E-state index contributed by atoms with van der Waals surface area (Å²) in [5.41, 5.74) is 2.16. The van der Waals surface area contributed by atoms with Crippen LogP contribution in [0.4, 0.5) is 4.39 Å².